The average molecular weight is 409 g/mol. The highest BCUT2D eigenvalue weighted by atomic mass is 16.5. The van der Waals surface area contributed by atoms with Gasteiger partial charge in [0.05, 0.1) is 19.0 Å². The molecule has 30 heavy (non-hydrogen) atoms. The number of aromatic nitrogens is 2. The summed E-state index contributed by atoms with van der Waals surface area (Å²) in [6.45, 7) is 2.04. The molecule has 1 aliphatic carbocycles. The molecule has 2 aromatic rings. The zero-order valence-corrected chi connectivity index (χ0v) is 17.6. The third-order valence-electron chi connectivity index (χ3n) is 6.02. The Balaban J connectivity index is 1.73. The first-order valence-corrected chi connectivity index (χ1v) is 10.4. The Kier molecular flexibility index (Phi) is 5.57. The Hall–Kier alpha value is -3.16. The number of benzene rings is 1. The van der Waals surface area contributed by atoms with Gasteiger partial charge in [0, 0.05) is 18.7 Å². The quantitative estimate of drug-likeness (QED) is 0.730. The number of carbonyl (C=O) groups excluding carboxylic acids is 2. The number of rotatable bonds is 6. The molecule has 8 heteroatoms. The minimum Gasteiger partial charge on any atom is -0.495 e. The summed E-state index contributed by atoms with van der Waals surface area (Å²) in [5.41, 5.74) is 1.93. The number of carbonyl (C=O) groups is 2. The molecule has 0 saturated heterocycles. The number of ether oxygens (including phenoxy) is 1. The Morgan fingerprint density at radius 1 is 1.30 bits per heavy atom. The Labute approximate surface area is 176 Å². The number of nitrogens with zero attached hydrogens (tertiary/aromatic N) is 4. The Bertz CT molecular complexity index is 958. The topological polar surface area (TPSA) is 87.7 Å². The molecule has 158 valence electrons. The maximum absolute atomic E-state index is 13.0. The average Bonchev–Trinajstić information content (AvgIpc) is 3.30. The fourth-order valence-corrected chi connectivity index (χ4v) is 4.45. The van der Waals surface area contributed by atoms with Crippen molar-refractivity contribution in [3.05, 3.63) is 30.0 Å². The summed E-state index contributed by atoms with van der Waals surface area (Å²) >= 11 is 0. The summed E-state index contributed by atoms with van der Waals surface area (Å²) in [7, 11) is 3.34. The second-order valence-electron chi connectivity index (χ2n) is 7.77. The van der Waals surface area contributed by atoms with Gasteiger partial charge in [0.25, 0.3) is 0 Å². The Morgan fingerprint density at radius 2 is 2.07 bits per heavy atom. The number of amides is 1. The van der Waals surface area contributed by atoms with Gasteiger partial charge in [-0.15, -0.1) is 0 Å². The standard InChI is InChI=1S/C22H27N5O3/c1-4-17-21(29)26(2)18-12-23-22(25-20(18)27(17)15-7-5-6-8-15)24-16-10-9-14(13-28)11-19(16)30-3/h9-13,15,17H,4-8H2,1-3H3,(H,23,24,25)/t17-/m1/s1. The maximum atomic E-state index is 13.0. The summed E-state index contributed by atoms with van der Waals surface area (Å²) in [5, 5.41) is 3.20. The molecule has 0 unspecified atom stereocenters. The lowest BCUT2D eigenvalue weighted by Gasteiger charge is -2.43. The van der Waals surface area contributed by atoms with E-state index in [1.165, 1.54) is 12.8 Å². The molecular weight excluding hydrogens is 382 g/mol. The number of nitrogens with one attached hydrogen (secondary N) is 1. The van der Waals surface area contributed by atoms with Crippen LogP contribution in [-0.2, 0) is 4.79 Å². The highest BCUT2D eigenvalue weighted by molar-refractivity contribution is 6.04. The van der Waals surface area contributed by atoms with E-state index in [9.17, 15) is 9.59 Å². The normalized spacial score (nSPS) is 19.0. The lowest BCUT2D eigenvalue weighted by atomic mass is 10.0. The van der Waals surface area contributed by atoms with Gasteiger partial charge >= 0.3 is 0 Å². The monoisotopic (exact) mass is 409 g/mol. The lowest BCUT2D eigenvalue weighted by molar-refractivity contribution is -0.120. The van der Waals surface area contributed by atoms with E-state index in [0.717, 1.165) is 37.1 Å². The molecule has 1 aliphatic heterocycles. The van der Waals surface area contributed by atoms with Crippen LogP contribution in [0.25, 0.3) is 0 Å². The number of likely N-dealkylation sites (N-methyl/N-ethyl adjacent to an activating group) is 1. The summed E-state index contributed by atoms with van der Waals surface area (Å²) in [6, 6.07) is 5.24. The molecule has 8 nitrogen and oxygen atoms in total. The second-order valence-corrected chi connectivity index (χ2v) is 7.77. The number of fused-ring (bicyclic) bond motifs is 1. The Morgan fingerprint density at radius 3 is 2.73 bits per heavy atom. The zero-order valence-electron chi connectivity index (χ0n) is 17.6. The van der Waals surface area contributed by atoms with Crippen molar-refractivity contribution in [2.24, 2.45) is 0 Å². The number of hydrogen-bond donors (Lipinski definition) is 1. The number of aldehydes is 1. The summed E-state index contributed by atoms with van der Waals surface area (Å²) in [5.74, 6) is 1.84. The molecule has 0 spiro atoms. The highest BCUT2D eigenvalue weighted by Crippen LogP contribution is 2.40. The van der Waals surface area contributed by atoms with Gasteiger partial charge in [0.15, 0.2) is 5.82 Å². The van der Waals surface area contributed by atoms with Crippen LogP contribution in [0.4, 0.5) is 23.1 Å². The van der Waals surface area contributed by atoms with Gasteiger partial charge in [-0.05, 0) is 37.5 Å². The van der Waals surface area contributed by atoms with Crippen molar-refractivity contribution in [3.8, 4) is 5.75 Å². The molecule has 4 rings (SSSR count). The van der Waals surface area contributed by atoms with Crippen molar-refractivity contribution in [3.63, 3.8) is 0 Å². The van der Waals surface area contributed by atoms with Crippen molar-refractivity contribution in [1.29, 1.82) is 0 Å². The fourth-order valence-electron chi connectivity index (χ4n) is 4.45. The van der Waals surface area contributed by atoms with Gasteiger partial charge in [-0.3, -0.25) is 9.59 Å². The minimum atomic E-state index is -0.213. The summed E-state index contributed by atoms with van der Waals surface area (Å²) < 4.78 is 5.40. The van der Waals surface area contributed by atoms with Gasteiger partial charge in [0.2, 0.25) is 11.9 Å². The fraction of sp³-hybridized carbons (Fsp3) is 0.455. The third-order valence-corrected chi connectivity index (χ3v) is 6.02. The maximum Gasteiger partial charge on any atom is 0.249 e. The van der Waals surface area contributed by atoms with Crippen LogP contribution in [0.5, 0.6) is 5.75 Å². The molecule has 1 saturated carbocycles. The zero-order chi connectivity index (χ0) is 21.3. The van der Waals surface area contributed by atoms with E-state index < -0.39 is 0 Å². The first-order chi connectivity index (χ1) is 14.6. The van der Waals surface area contributed by atoms with Crippen LogP contribution < -0.4 is 19.9 Å². The lowest BCUT2D eigenvalue weighted by Crippen LogP contribution is -2.55. The first-order valence-electron chi connectivity index (χ1n) is 10.4. The third kappa shape index (κ3) is 3.46. The SMILES string of the molecule is CC[C@@H]1C(=O)N(C)c2cnc(Nc3ccc(C=O)cc3OC)nc2N1C1CCCC1. The number of methoxy groups -OCH3 is 1. The number of anilines is 4. The van der Waals surface area contributed by atoms with Crippen LogP contribution in [0.3, 0.4) is 0 Å². The van der Waals surface area contributed by atoms with Gasteiger partial charge in [-0.1, -0.05) is 19.8 Å². The predicted octanol–water partition coefficient (Wildman–Crippen LogP) is 3.55. The van der Waals surface area contributed by atoms with Crippen LogP contribution in [0.15, 0.2) is 24.4 Å². The van der Waals surface area contributed by atoms with Gasteiger partial charge in [0.1, 0.15) is 23.8 Å². The van der Waals surface area contributed by atoms with Crippen LogP contribution in [0, 0.1) is 0 Å². The van der Waals surface area contributed by atoms with Gasteiger partial charge < -0.3 is 19.9 Å². The minimum absolute atomic E-state index is 0.0901. The van der Waals surface area contributed by atoms with E-state index in [0.29, 0.717) is 29.0 Å². The van der Waals surface area contributed by atoms with E-state index in [-0.39, 0.29) is 11.9 Å². The molecule has 1 amide bonds. The molecule has 1 aromatic heterocycles. The van der Waals surface area contributed by atoms with Crippen molar-refractivity contribution >= 4 is 35.3 Å². The molecule has 2 heterocycles. The van der Waals surface area contributed by atoms with E-state index in [1.54, 1.807) is 43.5 Å². The van der Waals surface area contributed by atoms with Crippen molar-refractivity contribution < 1.29 is 14.3 Å². The molecule has 1 N–H and O–H groups in total. The van der Waals surface area contributed by atoms with Crippen molar-refractivity contribution in [1.82, 2.24) is 9.97 Å². The summed E-state index contributed by atoms with van der Waals surface area (Å²) in [6.07, 6.45) is 7.69. The van der Waals surface area contributed by atoms with Crippen LogP contribution in [0.2, 0.25) is 0 Å². The molecular formula is C22H27N5O3. The molecule has 2 aliphatic rings. The van der Waals surface area contributed by atoms with Crippen LogP contribution >= 0.6 is 0 Å². The highest BCUT2D eigenvalue weighted by Gasteiger charge is 2.41. The molecule has 1 aromatic carbocycles. The van der Waals surface area contributed by atoms with Gasteiger partial charge in [-0.2, -0.15) is 4.98 Å². The molecule has 1 atom stereocenters. The van der Waals surface area contributed by atoms with E-state index in [1.807, 2.05) is 6.92 Å². The largest absolute Gasteiger partial charge is 0.495 e. The number of hydrogen-bond acceptors (Lipinski definition) is 7. The van der Waals surface area contributed by atoms with E-state index in [2.05, 4.69) is 15.2 Å². The second kappa shape index (κ2) is 8.30. The van der Waals surface area contributed by atoms with Crippen molar-refractivity contribution in [2.75, 3.05) is 29.3 Å². The van der Waals surface area contributed by atoms with Gasteiger partial charge in [-0.25, -0.2) is 4.98 Å². The van der Waals surface area contributed by atoms with Crippen molar-refractivity contribution in [2.45, 2.75) is 51.1 Å². The molecule has 0 radical (unpaired) electrons. The van der Waals surface area contributed by atoms with Crippen LogP contribution in [0.1, 0.15) is 49.4 Å². The molecule has 0 bridgehead atoms. The molecule has 1 fully saturated rings. The predicted molar refractivity (Wildman–Crippen MR) is 116 cm³/mol. The van der Waals surface area contributed by atoms with E-state index >= 15 is 0 Å². The smallest absolute Gasteiger partial charge is 0.249 e. The summed E-state index contributed by atoms with van der Waals surface area (Å²) in [4.78, 5) is 37.2. The first kappa shape index (κ1) is 20.1. The van der Waals surface area contributed by atoms with Crippen LogP contribution in [-0.4, -0.2) is 48.4 Å². The van der Waals surface area contributed by atoms with E-state index in [4.69, 9.17) is 9.72 Å².